The van der Waals surface area contributed by atoms with Crippen molar-refractivity contribution in [2.45, 2.75) is 24.4 Å². The largest absolute Gasteiger partial charge is 0.477 e. The maximum Gasteiger partial charge on any atom is 0.352 e. The number of β-lactam (4-membered cyclic amide) rings is 1. The summed E-state index contributed by atoms with van der Waals surface area (Å²) in [7, 11) is 0. The number of aliphatic carboxylic acids is 1. The van der Waals surface area contributed by atoms with Crippen LogP contribution in [-0.2, 0) is 14.4 Å². The zero-order valence-electron chi connectivity index (χ0n) is 17.0. The summed E-state index contributed by atoms with van der Waals surface area (Å²) in [5, 5.41) is 14.3. The first-order valence-corrected chi connectivity index (χ1v) is 10.9. The van der Waals surface area contributed by atoms with E-state index >= 15 is 0 Å². The van der Waals surface area contributed by atoms with Crippen molar-refractivity contribution in [1.82, 2.24) is 20.5 Å². The van der Waals surface area contributed by atoms with Crippen LogP contribution in [0.4, 0.5) is 0 Å². The SMILES string of the molecule is CC1=C(C(=O)O)N2C(=O)C(NC(=O)[C@H](NC(=O)c3ccccn3)c3ccccc3)[C@H]2SC1. The van der Waals surface area contributed by atoms with Crippen LogP contribution in [0.5, 0.6) is 0 Å². The zero-order valence-corrected chi connectivity index (χ0v) is 17.8. The number of carbonyl (C=O) groups is 4. The number of fused-ring (bicyclic) bond motifs is 1. The number of benzene rings is 1. The van der Waals surface area contributed by atoms with Gasteiger partial charge in [-0.1, -0.05) is 36.4 Å². The quantitative estimate of drug-likeness (QED) is 0.564. The Hall–Kier alpha value is -3.66. The Bertz CT molecular complexity index is 1110. The second-order valence-corrected chi connectivity index (χ2v) is 8.47. The van der Waals surface area contributed by atoms with Gasteiger partial charge in [-0.2, -0.15) is 0 Å². The Balaban J connectivity index is 1.53. The molecule has 1 aromatic heterocycles. The zero-order chi connectivity index (χ0) is 22.8. The van der Waals surface area contributed by atoms with Crippen LogP contribution in [0.2, 0.25) is 0 Å². The van der Waals surface area contributed by atoms with Crippen molar-refractivity contribution in [1.29, 1.82) is 0 Å². The molecule has 0 aliphatic carbocycles. The Morgan fingerprint density at radius 1 is 1.16 bits per heavy atom. The first kappa shape index (κ1) is 21.6. The van der Waals surface area contributed by atoms with Gasteiger partial charge in [-0.15, -0.1) is 11.8 Å². The number of carboxylic acids is 1. The summed E-state index contributed by atoms with van der Waals surface area (Å²) in [5.41, 5.74) is 1.26. The molecule has 0 spiro atoms. The van der Waals surface area contributed by atoms with Crippen LogP contribution < -0.4 is 10.6 Å². The van der Waals surface area contributed by atoms with Crippen LogP contribution in [0.3, 0.4) is 0 Å². The second-order valence-electron chi connectivity index (χ2n) is 7.36. The van der Waals surface area contributed by atoms with Crippen molar-refractivity contribution in [2.24, 2.45) is 0 Å². The van der Waals surface area contributed by atoms with Gasteiger partial charge in [0.1, 0.15) is 28.8 Å². The Labute approximate surface area is 187 Å². The molecule has 2 aliphatic rings. The van der Waals surface area contributed by atoms with Crippen LogP contribution in [0.25, 0.3) is 0 Å². The number of pyridine rings is 1. The van der Waals surface area contributed by atoms with Gasteiger partial charge in [0, 0.05) is 11.9 Å². The summed E-state index contributed by atoms with van der Waals surface area (Å²) in [6.45, 7) is 1.67. The summed E-state index contributed by atoms with van der Waals surface area (Å²) in [6.07, 6.45) is 1.48. The highest BCUT2D eigenvalue weighted by molar-refractivity contribution is 8.00. The first-order chi connectivity index (χ1) is 15.4. The highest BCUT2D eigenvalue weighted by Gasteiger charge is 2.54. The fourth-order valence-electron chi connectivity index (χ4n) is 3.66. The van der Waals surface area contributed by atoms with E-state index in [4.69, 9.17) is 0 Å². The molecule has 3 heterocycles. The predicted molar refractivity (Wildman–Crippen MR) is 116 cm³/mol. The summed E-state index contributed by atoms with van der Waals surface area (Å²) in [4.78, 5) is 55.3. The number of carbonyl (C=O) groups excluding carboxylic acids is 3. The number of aromatic nitrogens is 1. The number of hydrogen-bond acceptors (Lipinski definition) is 6. The third-order valence-electron chi connectivity index (χ3n) is 5.23. The van der Waals surface area contributed by atoms with E-state index in [-0.39, 0.29) is 11.4 Å². The molecule has 32 heavy (non-hydrogen) atoms. The van der Waals surface area contributed by atoms with Gasteiger partial charge < -0.3 is 15.7 Å². The molecule has 0 radical (unpaired) electrons. The van der Waals surface area contributed by atoms with E-state index in [2.05, 4.69) is 15.6 Å². The number of hydrogen-bond donors (Lipinski definition) is 3. The minimum atomic E-state index is -1.17. The molecule has 3 atom stereocenters. The normalized spacial score (nSPS) is 20.7. The van der Waals surface area contributed by atoms with Gasteiger partial charge in [-0.25, -0.2) is 4.79 Å². The molecule has 2 aliphatic heterocycles. The van der Waals surface area contributed by atoms with Crippen molar-refractivity contribution in [3.63, 3.8) is 0 Å². The number of thioether (sulfide) groups is 1. The van der Waals surface area contributed by atoms with Crippen molar-refractivity contribution in [2.75, 3.05) is 5.75 Å². The third-order valence-corrected chi connectivity index (χ3v) is 6.65. The lowest BCUT2D eigenvalue weighted by Crippen LogP contribution is -2.71. The first-order valence-electron chi connectivity index (χ1n) is 9.83. The highest BCUT2D eigenvalue weighted by Crippen LogP contribution is 2.40. The standard InChI is InChI=1S/C22H20N4O5S/c1-12-11-32-21-16(20(29)26(21)17(12)22(30)31)25-19(28)15(13-7-3-2-4-8-13)24-18(27)14-9-5-6-10-23-14/h2-10,15-16,21H,11H2,1H3,(H,24,27)(H,25,28)(H,30,31)/t15-,16?,21-/m1/s1. The van der Waals surface area contributed by atoms with Crippen LogP contribution in [0.1, 0.15) is 29.0 Å². The number of amides is 3. The predicted octanol–water partition coefficient (Wildman–Crippen LogP) is 1.31. The van der Waals surface area contributed by atoms with E-state index in [1.807, 2.05) is 0 Å². The fourth-order valence-corrected chi connectivity index (χ4v) is 4.95. The van der Waals surface area contributed by atoms with Crippen LogP contribution in [0, 0.1) is 0 Å². The van der Waals surface area contributed by atoms with E-state index in [0.29, 0.717) is 16.9 Å². The van der Waals surface area contributed by atoms with E-state index in [1.165, 1.54) is 28.9 Å². The molecule has 0 saturated carbocycles. The molecule has 10 heteroatoms. The summed E-state index contributed by atoms with van der Waals surface area (Å²) < 4.78 is 0. The lowest BCUT2D eigenvalue weighted by molar-refractivity contribution is -0.151. The van der Waals surface area contributed by atoms with Crippen LogP contribution >= 0.6 is 11.8 Å². The number of carboxylic acid groups (broad SMARTS) is 1. The molecular formula is C22H20N4O5S. The van der Waals surface area contributed by atoms with Crippen LogP contribution in [0.15, 0.2) is 66.0 Å². The summed E-state index contributed by atoms with van der Waals surface area (Å²) in [5.74, 6) is -2.32. The van der Waals surface area contributed by atoms with Crippen molar-refractivity contribution in [3.05, 3.63) is 77.3 Å². The van der Waals surface area contributed by atoms with Gasteiger partial charge in [0.25, 0.3) is 11.8 Å². The fraction of sp³-hybridized carbons (Fsp3) is 0.227. The molecular weight excluding hydrogens is 432 g/mol. The lowest BCUT2D eigenvalue weighted by Gasteiger charge is -2.49. The Morgan fingerprint density at radius 3 is 2.53 bits per heavy atom. The smallest absolute Gasteiger partial charge is 0.352 e. The average molecular weight is 452 g/mol. The number of nitrogens with one attached hydrogen (secondary N) is 2. The monoisotopic (exact) mass is 452 g/mol. The molecule has 164 valence electrons. The third kappa shape index (κ3) is 3.96. The molecule has 1 saturated heterocycles. The van der Waals surface area contributed by atoms with Gasteiger partial charge in [0.2, 0.25) is 5.91 Å². The minimum absolute atomic E-state index is 0.0349. The number of nitrogens with zero attached hydrogens (tertiary/aromatic N) is 2. The van der Waals surface area contributed by atoms with Gasteiger partial charge in [0.15, 0.2) is 0 Å². The molecule has 1 unspecified atom stereocenters. The van der Waals surface area contributed by atoms with E-state index in [9.17, 15) is 24.3 Å². The van der Waals surface area contributed by atoms with E-state index < -0.39 is 41.1 Å². The van der Waals surface area contributed by atoms with Gasteiger partial charge >= 0.3 is 5.97 Å². The molecule has 1 fully saturated rings. The average Bonchev–Trinajstić information content (AvgIpc) is 2.81. The van der Waals surface area contributed by atoms with Crippen LogP contribution in [-0.4, -0.2) is 55.8 Å². The lowest BCUT2D eigenvalue weighted by atomic mass is 10.0. The van der Waals surface area contributed by atoms with E-state index in [1.54, 1.807) is 49.4 Å². The van der Waals surface area contributed by atoms with Gasteiger partial charge in [-0.05, 0) is 30.2 Å². The van der Waals surface area contributed by atoms with E-state index in [0.717, 1.165) is 0 Å². The second kappa shape index (κ2) is 8.83. The molecule has 3 amide bonds. The topological polar surface area (TPSA) is 129 Å². The van der Waals surface area contributed by atoms with Gasteiger partial charge in [0.05, 0.1) is 0 Å². The van der Waals surface area contributed by atoms with Crippen molar-refractivity contribution < 1.29 is 24.3 Å². The number of rotatable bonds is 6. The molecule has 2 aromatic rings. The molecule has 0 bridgehead atoms. The highest BCUT2D eigenvalue weighted by atomic mass is 32.2. The summed E-state index contributed by atoms with van der Waals surface area (Å²) in [6, 6.07) is 11.6. The molecule has 9 nitrogen and oxygen atoms in total. The Morgan fingerprint density at radius 2 is 1.88 bits per heavy atom. The maximum absolute atomic E-state index is 13.2. The van der Waals surface area contributed by atoms with Crippen molar-refractivity contribution >= 4 is 35.5 Å². The minimum Gasteiger partial charge on any atom is -0.477 e. The molecule has 1 aromatic carbocycles. The summed E-state index contributed by atoms with van der Waals surface area (Å²) >= 11 is 1.39. The molecule has 4 rings (SSSR count). The molecule has 3 N–H and O–H groups in total. The Kier molecular flexibility index (Phi) is 5.95. The maximum atomic E-state index is 13.2. The van der Waals surface area contributed by atoms with Crippen molar-refractivity contribution in [3.8, 4) is 0 Å². The van der Waals surface area contributed by atoms with Gasteiger partial charge in [-0.3, -0.25) is 24.3 Å².